The van der Waals surface area contributed by atoms with Crippen LogP contribution in [0.3, 0.4) is 0 Å². The van der Waals surface area contributed by atoms with Crippen LogP contribution in [0.4, 0.5) is 17.1 Å². The van der Waals surface area contributed by atoms with Gasteiger partial charge in [-0.15, -0.1) is 0 Å². The van der Waals surface area contributed by atoms with Gasteiger partial charge in [0, 0.05) is 6.07 Å². The second-order valence-electron chi connectivity index (χ2n) is 5.41. The number of nitro benzene ring substituents is 1. The molecule has 27 heavy (non-hydrogen) atoms. The highest BCUT2D eigenvalue weighted by Gasteiger charge is 2.21. The first-order valence-corrected chi connectivity index (χ1v) is 8.00. The van der Waals surface area contributed by atoms with E-state index in [-0.39, 0.29) is 28.4 Å². The molecule has 2 aromatic rings. The van der Waals surface area contributed by atoms with E-state index in [4.69, 9.17) is 26.8 Å². The van der Waals surface area contributed by atoms with Gasteiger partial charge in [0.2, 0.25) is 0 Å². The van der Waals surface area contributed by atoms with Crippen LogP contribution in [-0.4, -0.2) is 30.0 Å². The van der Waals surface area contributed by atoms with E-state index in [1.165, 1.54) is 50.4 Å². The highest BCUT2D eigenvalue weighted by atomic mass is 35.5. The van der Waals surface area contributed by atoms with Gasteiger partial charge in [0.25, 0.3) is 11.6 Å². The maximum Gasteiger partial charge on any atom is 0.338 e. The summed E-state index contributed by atoms with van der Waals surface area (Å²) in [4.78, 5) is 34.6. The van der Waals surface area contributed by atoms with E-state index in [1.54, 1.807) is 0 Å². The lowest BCUT2D eigenvalue weighted by molar-refractivity contribution is -0.384. The number of nitrogen functional groups attached to an aromatic ring is 1. The second-order valence-corrected chi connectivity index (χ2v) is 5.82. The smallest absolute Gasteiger partial charge is 0.338 e. The third kappa shape index (κ3) is 4.85. The summed E-state index contributed by atoms with van der Waals surface area (Å²) in [5, 5.41) is 13.6. The first-order chi connectivity index (χ1) is 12.7. The highest BCUT2D eigenvalue weighted by molar-refractivity contribution is 6.33. The number of nitro groups is 1. The molecule has 0 heterocycles. The fourth-order valence-electron chi connectivity index (χ4n) is 2.08. The Morgan fingerprint density at radius 2 is 1.96 bits per heavy atom. The number of non-ortho nitro benzene ring substituents is 1. The van der Waals surface area contributed by atoms with Crippen LogP contribution in [-0.2, 0) is 9.53 Å². The van der Waals surface area contributed by atoms with Crippen molar-refractivity contribution in [2.24, 2.45) is 0 Å². The number of ether oxygens (including phenoxy) is 2. The number of nitrogens with zero attached hydrogens (tertiary/aromatic N) is 1. The molecule has 10 heteroatoms. The maximum absolute atomic E-state index is 12.3. The Balaban J connectivity index is 2.08. The van der Waals surface area contributed by atoms with Crippen LogP contribution in [0.5, 0.6) is 5.75 Å². The maximum atomic E-state index is 12.3. The average molecular weight is 394 g/mol. The van der Waals surface area contributed by atoms with Crippen LogP contribution in [0, 0.1) is 10.1 Å². The van der Waals surface area contributed by atoms with Gasteiger partial charge in [-0.05, 0) is 31.2 Å². The van der Waals surface area contributed by atoms with Crippen molar-refractivity contribution < 1.29 is 24.0 Å². The quantitative estimate of drug-likeness (QED) is 0.333. The van der Waals surface area contributed by atoms with E-state index in [0.29, 0.717) is 5.02 Å². The lowest BCUT2D eigenvalue weighted by Gasteiger charge is -2.15. The summed E-state index contributed by atoms with van der Waals surface area (Å²) in [5.74, 6) is -1.30. The molecule has 0 saturated carbocycles. The minimum absolute atomic E-state index is 0.0987. The number of carbonyl (C=O) groups excluding carboxylic acids is 2. The molecule has 0 spiro atoms. The minimum atomic E-state index is -1.14. The van der Waals surface area contributed by atoms with Crippen molar-refractivity contribution in [3.05, 3.63) is 57.1 Å². The molecule has 0 bridgehead atoms. The van der Waals surface area contributed by atoms with Crippen molar-refractivity contribution in [1.82, 2.24) is 0 Å². The topological polar surface area (TPSA) is 134 Å². The summed E-state index contributed by atoms with van der Waals surface area (Å²) in [6, 6.07) is 7.91. The van der Waals surface area contributed by atoms with Gasteiger partial charge < -0.3 is 20.5 Å². The van der Waals surface area contributed by atoms with Crippen LogP contribution >= 0.6 is 11.6 Å². The average Bonchev–Trinajstić information content (AvgIpc) is 2.63. The number of nitrogens with one attached hydrogen (secondary N) is 1. The van der Waals surface area contributed by atoms with Crippen molar-refractivity contribution in [1.29, 1.82) is 0 Å². The highest BCUT2D eigenvalue weighted by Crippen LogP contribution is 2.29. The summed E-state index contributed by atoms with van der Waals surface area (Å²) < 4.78 is 10.1. The first-order valence-electron chi connectivity index (χ1n) is 7.62. The molecule has 0 unspecified atom stereocenters. The van der Waals surface area contributed by atoms with Gasteiger partial charge in [-0.2, -0.15) is 0 Å². The molecule has 3 N–H and O–H groups in total. The van der Waals surface area contributed by atoms with E-state index in [9.17, 15) is 19.7 Å². The van der Waals surface area contributed by atoms with Crippen molar-refractivity contribution in [2.45, 2.75) is 13.0 Å². The molecule has 1 atom stereocenters. The molecule has 0 saturated heterocycles. The van der Waals surface area contributed by atoms with Crippen LogP contribution in [0.1, 0.15) is 17.3 Å². The van der Waals surface area contributed by atoms with Gasteiger partial charge in [-0.1, -0.05) is 11.6 Å². The summed E-state index contributed by atoms with van der Waals surface area (Å²) >= 11 is 5.80. The van der Waals surface area contributed by atoms with Crippen LogP contribution in [0.15, 0.2) is 36.4 Å². The van der Waals surface area contributed by atoms with Gasteiger partial charge in [0.05, 0.1) is 40.1 Å². The molecule has 0 aliphatic rings. The first kappa shape index (κ1) is 20.0. The van der Waals surface area contributed by atoms with Crippen LogP contribution in [0.25, 0.3) is 0 Å². The molecule has 2 aromatic carbocycles. The number of hydrogen-bond donors (Lipinski definition) is 2. The normalized spacial score (nSPS) is 11.4. The van der Waals surface area contributed by atoms with E-state index < -0.39 is 22.9 Å². The summed E-state index contributed by atoms with van der Waals surface area (Å²) in [5.41, 5.74) is 6.00. The Morgan fingerprint density at radius 3 is 2.56 bits per heavy atom. The lowest BCUT2D eigenvalue weighted by atomic mass is 10.2. The number of amides is 1. The number of benzene rings is 2. The van der Waals surface area contributed by atoms with Crippen molar-refractivity contribution in [3.63, 3.8) is 0 Å². The Kier molecular flexibility index (Phi) is 6.19. The predicted octanol–water partition coefficient (Wildman–Crippen LogP) is 3.02. The van der Waals surface area contributed by atoms with Crippen molar-refractivity contribution in [3.8, 4) is 5.75 Å². The monoisotopic (exact) mass is 393 g/mol. The Morgan fingerprint density at radius 1 is 1.26 bits per heavy atom. The molecule has 0 aliphatic heterocycles. The van der Waals surface area contributed by atoms with Gasteiger partial charge in [-0.25, -0.2) is 4.79 Å². The number of hydrogen-bond acceptors (Lipinski definition) is 7. The number of anilines is 2. The minimum Gasteiger partial charge on any atom is -0.494 e. The van der Waals surface area contributed by atoms with E-state index in [2.05, 4.69) is 5.32 Å². The second kappa shape index (κ2) is 8.37. The molecule has 0 aliphatic carbocycles. The SMILES string of the molecule is COc1cc([N+](=O)[O-])ccc1NC(=O)[C@@H](C)OC(=O)c1ccc(Cl)c(N)c1. The number of esters is 1. The molecular formula is C17H16ClN3O6. The summed E-state index contributed by atoms with van der Waals surface area (Å²) in [7, 11) is 1.31. The molecule has 0 radical (unpaired) electrons. The zero-order chi connectivity index (χ0) is 20.1. The largest absolute Gasteiger partial charge is 0.494 e. The Labute approximate surface area is 159 Å². The van der Waals surface area contributed by atoms with Gasteiger partial charge >= 0.3 is 5.97 Å². The lowest BCUT2D eigenvalue weighted by Crippen LogP contribution is -2.30. The molecule has 142 valence electrons. The molecule has 0 fully saturated rings. The van der Waals surface area contributed by atoms with Crippen LogP contribution in [0.2, 0.25) is 5.02 Å². The van der Waals surface area contributed by atoms with Crippen molar-refractivity contribution in [2.75, 3.05) is 18.2 Å². The fraction of sp³-hybridized carbons (Fsp3) is 0.176. The van der Waals surface area contributed by atoms with E-state index >= 15 is 0 Å². The van der Waals surface area contributed by atoms with E-state index in [0.717, 1.165) is 0 Å². The molecule has 0 aromatic heterocycles. The Hall–Kier alpha value is -3.33. The van der Waals surface area contributed by atoms with Gasteiger partial charge in [0.1, 0.15) is 5.75 Å². The summed E-state index contributed by atoms with van der Waals surface area (Å²) in [6.45, 7) is 1.38. The van der Waals surface area contributed by atoms with Gasteiger partial charge in [-0.3, -0.25) is 14.9 Å². The molecule has 1 amide bonds. The number of nitrogens with two attached hydrogens (primary N) is 1. The fourth-order valence-corrected chi connectivity index (χ4v) is 2.20. The standard InChI is InChI=1S/C17H16ClN3O6/c1-9(27-17(23)10-3-5-12(18)13(19)7-10)16(22)20-14-6-4-11(21(24)25)8-15(14)26-2/h3-9H,19H2,1-2H3,(H,20,22)/t9-/m1/s1. The third-order valence-corrected chi connectivity index (χ3v) is 3.88. The van der Waals surface area contributed by atoms with Crippen molar-refractivity contribution >= 4 is 40.5 Å². The zero-order valence-electron chi connectivity index (χ0n) is 14.4. The number of halogens is 1. The predicted molar refractivity (Wildman–Crippen MR) is 99.0 cm³/mol. The van der Waals surface area contributed by atoms with Crippen LogP contribution < -0.4 is 15.8 Å². The number of methoxy groups -OCH3 is 1. The Bertz CT molecular complexity index is 902. The number of carbonyl (C=O) groups is 2. The van der Waals surface area contributed by atoms with Gasteiger partial charge in [0.15, 0.2) is 6.10 Å². The third-order valence-electron chi connectivity index (χ3n) is 3.54. The molecular weight excluding hydrogens is 378 g/mol. The number of rotatable bonds is 6. The molecule has 9 nitrogen and oxygen atoms in total. The molecule has 2 rings (SSSR count). The summed E-state index contributed by atoms with van der Waals surface area (Å²) in [6.07, 6.45) is -1.14. The van der Waals surface area contributed by atoms with E-state index in [1.807, 2.05) is 0 Å². The zero-order valence-corrected chi connectivity index (χ0v) is 15.1.